The highest BCUT2D eigenvalue weighted by Gasteiger charge is 2.27. The van der Waals surface area contributed by atoms with E-state index in [2.05, 4.69) is 46.7 Å². The van der Waals surface area contributed by atoms with Crippen LogP contribution in [0.15, 0.2) is 24.3 Å². The van der Waals surface area contributed by atoms with E-state index in [0.29, 0.717) is 25.6 Å². The number of benzene rings is 1. The number of aliphatic hydroxyl groups excluding tert-OH is 1. The van der Waals surface area contributed by atoms with Gasteiger partial charge in [-0.25, -0.2) is 0 Å². The van der Waals surface area contributed by atoms with Crippen molar-refractivity contribution < 1.29 is 9.90 Å². The summed E-state index contributed by atoms with van der Waals surface area (Å²) in [6, 6.07) is 8.94. The number of aliphatic hydroxyl groups is 1. The van der Waals surface area contributed by atoms with Gasteiger partial charge in [0, 0.05) is 25.7 Å². The predicted octanol–water partition coefficient (Wildman–Crippen LogP) is 1.40. The quantitative estimate of drug-likeness (QED) is 0.763. The highest BCUT2D eigenvalue weighted by molar-refractivity contribution is 5.82. The number of amides is 1. The van der Waals surface area contributed by atoms with Crippen LogP contribution in [0.4, 0.5) is 0 Å². The zero-order valence-electron chi connectivity index (χ0n) is 14.5. The topological polar surface area (TPSA) is 64.6 Å². The average molecular weight is 331 g/mol. The smallest absolute Gasteiger partial charge is 0.237 e. The third-order valence-electron chi connectivity index (χ3n) is 5.24. The standard InChI is InChI=1S/C19H29N3O2/c1-14-4-2-3-9-22(14)13-16-7-5-15(6-8-16)11-21-19(24)18-10-17(23)12-20-18/h5-8,14,17-18,20,23H,2-4,9-13H2,1H3,(H,21,24). The van der Waals surface area contributed by atoms with Crippen molar-refractivity contribution >= 4 is 5.91 Å². The van der Waals surface area contributed by atoms with Gasteiger partial charge in [-0.15, -0.1) is 0 Å². The molecule has 0 spiro atoms. The van der Waals surface area contributed by atoms with E-state index in [-0.39, 0.29) is 11.9 Å². The molecule has 0 radical (unpaired) electrons. The summed E-state index contributed by atoms with van der Waals surface area (Å²) in [7, 11) is 0. The molecule has 0 saturated carbocycles. The fraction of sp³-hybridized carbons (Fsp3) is 0.632. The third-order valence-corrected chi connectivity index (χ3v) is 5.24. The minimum atomic E-state index is -0.405. The Labute approximate surface area is 144 Å². The van der Waals surface area contributed by atoms with Crippen LogP contribution in [0.25, 0.3) is 0 Å². The Morgan fingerprint density at radius 1 is 1.29 bits per heavy atom. The molecule has 24 heavy (non-hydrogen) atoms. The van der Waals surface area contributed by atoms with E-state index < -0.39 is 6.10 Å². The van der Waals surface area contributed by atoms with Crippen LogP contribution in [0.1, 0.15) is 43.7 Å². The molecule has 2 aliphatic heterocycles. The molecule has 5 heteroatoms. The van der Waals surface area contributed by atoms with Gasteiger partial charge in [0.2, 0.25) is 5.91 Å². The van der Waals surface area contributed by atoms with E-state index in [1.165, 1.54) is 31.4 Å². The monoisotopic (exact) mass is 331 g/mol. The fourth-order valence-corrected chi connectivity index (χ4v) is 3.62. The Bertz CT molecular complexity index is 546. The molecular formula is C19H29N3O2. The molecule has 3 atom stereocenters. The molecule has 2 heterocycles. The summed E-state index contributed by atoms with van der Waals surface area (Å²) in [5.74, 6) is -0.0298. The molecule has 132 valence electrons. The summed E-state index contributed by atoms with van der Waals surface area (Å²) in [5, 5.41) is 15.5. The molecule has 1 aromatic rings. The second-order valence-electron chi connectivity index (χ2n) is 7.20. The molecule has 1 aromatic carbocycles. The van der Waals surface area contributed by atoms with Crippen LogP contribution in [-0.2, 0) is 17.9 Å². The van der Waals surface area contributed by atoms with Gasteiger partial charge in [0.25, 0.3) is 0 Å². The first-order valence-corrected chi connectivity index (χ1v) is 9.13. The zero-order valence-corrected chi connectivity index (χ0v) is 14.5. The van der Waals surface area contributed by atoms with Crippen molar-refractivity contribution in [2.45, 2.75) is 63.9 Å². The molecule has 3 N–H and O–H groups in total. The van der Waals surface area contributed by atoms with Gasteiger partial charge in [0.1, 0.15) is 0 Å². The molecule has 0 aliphatic carbocycles. The van der Waals surface area contributed by atoms with Crippen molar-refractivity contribution in [2.75, 3.05) is 13.1 Å². The van der Waals surface area contributed by atoms with E-state index in [1.807, 2.05) is 0 Å². The lowest BCUT2D eigenvalue weighted by Gasteiger charge is -2.33. The van der Waals surface area contributed by atoms with Crippen LogP contribution in [0.3, 0.4) is 0 Å². The molecule has 2 saturated heterocycles. The summed E-state index contributed by atoms with van der Waals surface area (Å²) in [4.78, 5) is 14.6. The van der Waals surface area contributed by atoms with Crippen LogP contribution < -0.4 is 10.6 Å². The van der Waals surface area contributed by atoms with E-state index in [9.17, 15) is 9.90 Å². The van der Waals surface area contributed by atoms with E-state index in [1.54, 1.807) is 0 Å². The lowest BCUT2D eigenvalue weighted by Crippen LogP contribution is -2.40. The van der Waals surface area contributed by atoms with Crippen LogP contribution >= 0.6 is 0 Å². The highest BCUT2D eigenvalue weighted by atomic mass is 16.3. The average Bonchev–Trinajstić information content (AvgIpc) is 3.03. The highest BCUT2D eigenvalue weighted by Crippen LogP contribution is 2.19. The van der Waals surface area contributed by atoms with Crippen LogP contribution in [0.5, 0.6) is 0 Å². The number of nitrogens with one attached hydrogen (secondary N) is 2. The van der Waals surface area contributed by atoms with Gasteiger partial charge < -0.3 is 15.7 Å². The predicted molar refractivity (Wildman–Crippen MR) is 94.4 cm³/mol. The fourth-order valence-electron chi connectivity index (χ4n) is 3.62. The van der Waals surface area contributed by atoms with Gasteiger partial charge in [-0.3, -0.25) is 9.69 Å². The van der Waals surface area contributed by atoms with Crippen molar-refractivity contribution in [2.24, 2.45) is 0 Å². The lowest BCUT2D eigenvalue weighted by atomic mass is 10.0. The summed E-state index contributed by atoms with van der Waals surface area (Å²) in [6.45, 7) is 5.56. The van der Waals surface area contributed by atoms with Gasteiger partial charge in [-0.05, 0) is 43.9 Å². The summed E-state index contributed by atoms with van der Waals surface area (Å²) < 4.78 is 0. The Morgan fingerprint density at radius 2 is 2.04 bits per heavy atom. The number of piperidine rings is 1. The zero-order chi connectivity index (χ0) is 16.9. The lowest BCUT2D eigenvalue weighted by molar-refractivity contribution is -0.123. The molecule has 1 amide bonds. The first-order valence-electron chi connectivity index (χ1n) is 9.13. The minimum Gasteiger partial charge on any atom is -0.392 e. The molecule has 5 nitrogen and oxygen atoms in total. The molecule has 2 aliphatic rings. The number of hydrogen-bond donors (Lipinski definition) is 3. The van der Waals surface area contributed by atoms with Crippen LogP contribution in [-0.4, -0.2) is 47.2 Å². The maximum Gasteiger partial charge on any atom is 0.237 e. The first kappa shape index (κ1) is 17.4. The van der Waals surface area contributed by atoms with Gasteiger partial charge in [-0.2, -0.15) is 0 Å². The van der Waals surface area contributed by atoms with Gasteiger partial charge in [0.05, 0.1) is 12.1 Å². The van der Waals surface area contributed by atoms with Crippen LogP contribution in [0, 0.1) is 0 Å². The summed E-state index contributed by atoms with van der Waals surface area (Å²) >= 11 is 0. The normalized spacial score (nSPS) is 28.0. The molecular weight excluding hydrogens is 302 g/mol. The Hall–Kier alpha value is -1.43. The number of rotatable bonds is 5. The molecule has 3 rings (SSSR count). The maximum absolute atomic E-state index is 12.0. The summed E-state index contributed by atoms with van der Waals surface area (Å²) in [6.07, 6.45) is 4.05. The van der Waals surface area contributed by atoms with Gasteiger partial charge in [-0.1, -0.05) is 30.7 Å². The number of carbonyl (C=O) groups excluding carboxylic acids is 1. The van der Waals surface area contributed by atoms with E-state index >= 15 is 0 Å². The number of nitrogens with zero attached hydrogens (tertiary/aromatic N) is 1. The SMILES string of the molecule is CC1CCCCN1Cc1ccc(CNC(=O)C2CC(O)CN2)cc1. The van der Waals surface area contributed by atoms with Gasteiger partial charge >= 0.3 is 0 Å². The second-order valence-corrected chi connectivity index (χ2v) is 7.20. The Balaban J connectivity index is 1.46. The first-order chi connectivity index (χ1) is 11.6. The minimum absolute atomic E-state index is 0.0298. The Morgan fingerprint density at radius 3 is 2.71 bits per heavy atom. The van der Waals surface area contributed by atoms with Crippen LogP contribution in [0.2, 0.25) is 0 Å². The maximum atomic E-state index is 12.0. The number of hydrogen-bond acceptors (Lipinski definition) is 4. The Kier molecular flexibility index (Phi) is 5.87. The van der Waals surface area contributed by atoms with Crippen molar-refractivity contribution in [1.82, 2.24) is 15.5 Å². The van der Waals surface area contributed by atoms with Crippen molar-refractivity contribution in [3.63, 3.8) is 0 Å². The van der Waals surface area contributed by atoms with E-state index in [4.69, 9.17) is 0 Å². The number of carbonyl (C=O) groups is 1. The number of β-amino-alcohol motifs (C(OH)–C–C–N with tert-alkyl or cyclic N) is 1. The molecule has 2 fully saturated rings. The third kappa shape index (κ3) is 4.56. The molecule has 3 unspecified atom stereocenters. The van der Waals surface area contributed by atoms with Gasteiger partial charge in [0.15, 0.2) is 0 Å². The number of likely N-dealkylation sites (tertiary alicyclic amines) is 1. The van der Waals surface area contributed by atoms with Crippen molar-refractivity contribution in [3.05, 3.63) is 35.4 Å². The molecule has 0 bridgehead atoms. The van der Waals surface area contributed by atoms with Crippen molar-refractivity contribution in [3.8, 4) is 0 Å². The van der Waals surface area contributed by atoms with E-state index in [0.717, 1.165) is 12.1 Å². The van der Waals surface area contributed by atoms with Crippen molar-refractivity contribution in [1.29, 1.82) is 0 Å². The molecule has 0 aromatic heterocycles. The largest absolute Gasteiger partial charge is 0.392 e. The second kappa shape index (κ2) is 8.10. The summed E-state index contributed by atoms with van der Waals surface area (Å²) in [5.41, 5.74) is 2.44.